The highest BCUT2D eigenvalue weighted by Crippen LogP contribution is 2.19. The second kappa shape index (κ2) is 5.05. The number of pyridine rings is 1. The summed E-state index contributed by atoms with van der Waals surface area (Å²) < 4.78 is 14.7. The Morgan fingerprint density at radius 1 is 1.47 bits per heavy atom. The van der Waals surface area contributed by atoms with Gasteiger partial charge in [0.25, 0.3) is 0 Å². The zero-order chi connectivity index (χ0) is 14.0. The minimum Gasteiger partial charge on any atom is -0.478 e. The molecule has 0 unspecified atom stereocenters. The number of nitrogens with one attached hydrogen (secondary N) is 1. The van der Waals surface area contributed by atoms with Crippen LogP contribution >= 0.6 is 0 Å². The van der Waals surface area contributed by atoms with Gasteiger partial charge >= 0.3 is 5.97 Å². The Labute approximate surface area is 108 Å². The van der Waals surface area contributed by atoms with Crippen molar-refractivity contribution in [3.05, 3.63) is 36.0 Å². The molecular formula is C12H13FN4O2. The third-order valence-corrected chi connectivity index (χ3v) is 2.48. The maximum atomic E-state index is 13.0. The number of carboxylic acid groups (broad SMARTS) is 1. The number of aromatic nitrogens is 3. The van der Waals surface area contributed by atoms with E-state index in [1.54, 1.807) is 17.1 Å². The Balaban J connectivity index is 2.29. The summed E-state index contributed by atoms with van der Waals surface area (Å²) in [6.45, 7) is 3.94. The average Bonchev–Trinajstić information content (AvgIpc) is 2.80. The molecule has 0 aromatic carbocycles. The van der Waals surface area contributed by atoms with E-state index < -0.39 is 11.8 Å². The van der Waals surface area contributed by atoms with Crippen LogP contribution in [0.15, 0.2) is 24.7 Å². The lowest BCUT2D eigenvalue weighted by atomic mass is 10.2. The summed E-state index contributed by atoms with van der Waals surface area (Å²) in [6.07, 6.45) is 4.24. The quantitative estimate of drug-likeness (QED) is 0.886. The van der Waals surface area contributed by atoms with Gasteiger partial charge in [-0.3, -0.25) is 4.68 Å². The second-order valence-electron chi connectivity index (χ2n) is 4.28. The summed E-state index contributed by atoms with van der Waals surface area (Å²) in [5, 5.41) is 15.9. The summed E-state index contributed by atoms with van der Waals surface area (Å²) in [4.78, 5) is 14.8. The van der Waals surface area contributed by atoms with Crippen molar-refractivity contribution < 1.29 is 14.3 Å². The Kier molecular flexibility index (Phi) is 3.46. The topological polar surface area (TPSA) is 80.0 Å². The molecule has 0 atom stereocenters. The monoisotopic (exact) mass is 264 g/mol. The van der Waals surface area contributed by atoms with Gasteiger partial charge in [0.15, 0.2) is 0 Å². The first-order chi connectivity index (χ1) is 8.97. The molecule has 0 saturated heterocycles. The third kappa shape index (κ3) is 2.87. The Morgan fingerprint density at radius 3 is 2.79 bits per heavy atom. The standard InChI is InChI=1S/C12H13FN4O2/c1-7(2)17-6-9(5-15-17)16-11-10(12(18)19)3-8(13)4-14-11/h3-7H,1-2H3,(H,14,16)(H,18,19). The fourth-order valence-corrected chi connectivity index (χ4v) is 1.52. The van der Waals surface area contributed by atoms with Crippen LogP contribution in [-0.2, 0) is 0 Å². The van der Waals surface area contributed by atoms with Crippen LogP contribution in [0, 0.1) is 5.82 Å². The predicted octanol–water partition coefficient (Wildman–Crippen LogP) is 2.44. The van der Waals surface area contributed by atoms with Gasteiger partial charge < -0.3 is 10.4 Å². The Hall–Kier alpha value is -2.44. The average molecular weight is 264 g/mol. The molecule has 0 spiro atoms. The molecule has 0 aliphatic carbocycles. The van der Waals surface area contributed by atoms with E-state index >= 15 is 0 Å². The van der Waals surface area contributed by atoms with Gasteiger partial charge in [0.2, 0.25) is 0 Å². The van der Waals surface area contributed by atoms with E-state index in [2.05, 4.69) is 15.4 Å². The summed E-state index contributed by atoms with van der Waals surface area (Å²) in [5.74, 6) is -1.86. The smallest absolute Gasteiger partial charge is 0.339 e. The van der Waals surface area contributed by atoms with Gasteiger partial charge in [0.05, 0.1) is 18.1 Å². The number of aromatic carboxylic acids is 1. The molecule has 100 valence electrons. The van der Waals surface area contributed by atoms with Crippen molar-refractivity contribution >= 4 is 17.5 Å². The molecule has 0 aliphatic heterocycles. The minimum atomic E-state index is -1.24. The predicted molar refractivity (Wildman–Crippen MR) is 67.0 cm³/mol. The molecule has 0 fully saturated rings. The zero-order valence-electron chi connectivity index (χ0n) is 10.5. The molecule has 0 aliphatic rings. The fraction of sp³-hybridized carbons (Fsp3) is 0.250. The van der Waals surface area contributed by atoms with Crippen molar-refractivity contribution in [2.45, 2.75) is 19.9 Å². The summed E-state index contributed by atoms with van der Waals surface area (Å²) in [7, 11) is 0. The summed E-state index contributed by atoms with van der Waals surface area (Å²) >= 11 is 0. The van der Waals surface area contributed by atoms with Gasteiger partial charge in [-0.15, -0.1) is 0 Å². The lowest BCUT2D eigenvalue weighted by molar-refractivity contribution is 0.0697. The van der Waals surface area contributed by atoms with Crippen molar-refractivity contribution in [1.82, 2.24) is 14.8 Å². The molecule has 0 radical (unpaired) electrons. The number of halogens is 1. The third-order valence-electron chi connectivity index (χ3n) is 2.48. The van der Waals surface area contributed by atoms with E-state index in [9.17, 15) is 9.18 Å². The molecule has 0 bridgehead atoms. The van der Waals surface area contributed by atoms with Crippen LogP contribution in [0.5, 0.6) is 0 Å². The molecule has 0 saturated carbocycles. The highest BCUT2D eigenvalue weighted by Gasteiger charge is 2.13. The molecule has 2 N–H and O–H groups in total. The van der Waals surface area contributed by atoms with E-state index in [4.69, 9.17) is 5.11 Å². The van der Waals surface area contributed by atoms with E-state index in [0.717, 1.165) is 12.3 Å². The molecular weight excluding hydrogens is 251 g/mol. The first-order valence-corrected chi connectivity index (χ1v) is 5.67. The van der Waals surface area contributed by atoms with Crippen LogP contribution in [0.2, 0.25) is 0 Å². The molecule has 2 heterocycles. The van der Waals surface area contributed by atoms with Crippen LogP contribution in [0.4, 0.5) is 15.9 Å². The number of rotatable bonds is 4. The first-order valence-electron chi connectivity index (χ1n) is 5.67. The van der Waals surface area contributed by atoms with E-state index in [1.807, 2.05) is 13.8 Å². The second-order valence-corrected chi connectivity index (χ2v) is 4.28. The van der Waals surface area contributed by atoms with Crippen molar-refractivity contribution in [2.75, 3.05) is 5.32 Å². The molecule has 7 heteroatoms. The van der Waals surface area contributed by atoms with Crippen molar-refractivity contribution in [1.29, 1.82) is 0 Å². The highest BCUT2D eigenvalue weighted by molar-refractivity contribution is 5.93. The lowest BCUT2D eigenvalue weighted by Crippen LogP contribution is -2.05. The summed E-state index contributed by atoms with van der Waals surface area (Å²) in [5.41, 5.74) is 0.368. The minimum absolute atomic E-state index is 0.0807. The fourth-order valence-electron chi connectivity index (χ4n) is 1.52. The number of hydrogen-bond donors (Lipinski definition) is 2. The number of carbonyl (C=O) groups is 1. The van der Waals surface area contributed by atoms with Crippen molar-refractivity contribution in [3.8, 4) is 0 Å². The maximum Gasteiger partial charge on any atom is 0.339 e. The largest absolute Gasteiger partial charge is 0.478 e. The first kappa shape index (κ1) is 13.0. The zero-order valence-corrected chi connectivity index (χ0v) is 10.5. The number of nitrogens with zero attached hydrogens (tertiary/aromatic N) is 3. The normalized spacial score (nSPS) is 10.7. The molecule has 0 amide bonds. The van der Waals surface area contributed by atoms with Crippen molar-refractivity contribution in [2.24, 2.45) is 0 Å². The molecule has 6 nitrogen and oxygen atoms in total. The number of hydrogen-bond acceptors (Lipinski definition) is 4. The molecule has 2 aromatic heterocycles. The van der Waals surface area contributed by atoms with E-state index in [1.165, 1.54) is 0 Å². The van der Waals surface area contributed by atoms with Gasteiger partial charge in [-0.05, 0) is 19.9 Å². The van der Waals surface area contributed by atoms with Gasteiger partial charge in [0, 0.05) is 12.2 Å². The number of anilines is 2. The maximum absolute atomic E-state index is 13.0. The van der Waals surface area contributed by atoms with Crippen LogP contribution in [0.3, 0.4) is 0 Å². The SMILES string of the molecule is CC(C)n1cc(Nc2ncc(F)cc2C(=O)O)cn1. The van der Waals surface area contributed by atoms with Gasteiger partial charge in [-0.1, -0.05) is 0 Å². The number of carboxylic acids is 1. The Bertz CT molecular complexity index is 610. The Morgan fingerprint density at radius 2 is 2.21 bits per heavy atom. The van der Waals surface area contributed by atoms with Gasteiger partial charge in [-0.2, -0.15) is 5.10 Å². The summed E-state index contributed by atoms with van der Waals surface area (Å²) in [6, 6.07) is 1.11. The van der Waals surface area contributed by atoms with E-state index in [-0.39, 0.29) is 17.4 Å². The highest BCUT2D eigenvalue weighted by atomic mass is 19.1. The van der Waals surface area contributed by atoms with Crippen LogP contribution in [-0.4, -0.2) is 25.8 Å². The van der Waals surface area contributed by atoms with Crippen LogP contribution in [0.25, 0.3) is 0 Å². The molecule has 19 heavy (non-hydrogen) atoms. The molecule has 2 rings (SSSR count). The van der Waals surface area contributed by atoms with E-state index in [0.29, 0.717) is 5.69 Å². The van der Waals surface area contributed by atoms with Gasteiger partial charge in [0.1, 0.15) is 17.2 Å². The molecule has 2 aromatic rings. The van der Waals surface area contributed by atoms with Crippen LogP contribution in [0.1, 0.15) is 30.2 Å². The lowest BCUT2D eigenvalue weighted by Gasteiger charge is -2.06. The van der Waals surface area contributed by atoms with Crippen molar-refractivity contribution in [3.63, 3.8) is 0 Å². The van der Waals surface area contributed by atoms with Gasteiger partial charge in [-0.25, -0.2) is 14.2 Å². The van der Waals surface area contributed by atoms with Crippen LogP contribution < -0.4 is 5.32 Å².